The lowest BCUT2D eigenvalue weighted by atomic mass is 10.1. The molecule has 1 N–H and O–H groups in total. The van der Waals surface area contributed by atoms with Gasteiger partial charge in [0.15, 0.2) is 0 Å². The smallest absolute Gasteiger partial charge is 0.339 e. The molecule has 3 nitrogen and oxygen atoms in total. The number of halogens is 1. The molecular weight excluding hydrogens is 276 g/mol. The van der Waals surface area contributed by atoms with E-state index in [4.69, 9.17) is 16.3 Å². The van der Waals surface area contributed by atoms with Crippen molar-refractivity contribution in [3.8, 4) is 5.75 Å². The van der Waals surface area contributed by atoms with Gasteiger partial charge in [0.1, 0.15) is 11.3 Å². The van der Waals surface area contributed by atoms with E-state index in [1.54, 1.807) is 18.2 Å². The van der Waals surface area contributed by atoms with Gasteiger partial charge in [-0.1, -0.05) is 61.0 Å². The quantitative estimate of drug-likeness (QED) is 0.837. The van der Waals surface area contributed by atoms with Gasteiger partial charge in [-0.25, -0.2) is 4.79 Å². The predicted octanol–water partition coefficient (Wildman–Crippen LogP) is 4.27. The van der Waals surface area contributed by atoms with Crippen LogP contribution in [-0.2, 0) is 5.06 Å². The van der Waals surface area contributed by atoms with Crippen molar-refractivity contribution in [2.24, 2.45) is 0 Å². The molecule has 0 fully saturated rings. The molecule has 2 rings (SSSR count). The summed E-state index contributed by atoms with van der Waals surface area (Å²) >= 11 is 6.55. The molecule has 0 saturated heterocycles. The van der Waals surface area contributed by atoms with Crippen LogP contribution in [0.5, 0.6) is 5.75 Å². The van der Waals surface area contributed by atoms with Crippen molar-refractivity contribution in [2.45, 2.75) is 18.4 Å². The van der Waals surface area contributed by atoms with E-state index < -0.39 is 11.0 Å². The third kappa shape index (κ3) is 2.94. The van der Waals surface area contributed by atoms with Crippen molar-refractivity contribution in [1.82, 2.24) is 0 Å². The molecule has 2 aromatic rings. The van der Waals surface area contributed by atoms with Crippen molar-refractivity contribution in [2.75, 3.05) is 0 Å². The Morgan fingerprint density at radius 3 is 2.35 bits per heavy atom. The number of hydrogen-bond acceptors (Lipinski definition) is 2. The van der Waals surface area contributed by atoms with Gasteiger partial charge in [0.2, 0.25) is 5.06 Å². The normalized spacial score (nSPS) is 13.5. The molecule has 1 atom stereocenters. The molecule has 0 spiro atoms. The van der Waals surface area contributed by atoms with Crippen molar-refractivity contribution in [1.29, 1.82) is 0 Å². The molecular formula is C16H15ClO3. The van der Waals surface area contributed by atoms with E-state index in [2.05, 4.69) is 0 Å². The van der Waals surface area contributed by atoms with Gasteiger partial charge in [0, 0.05) is 12.0 Å². The summed E-state index contributed by atoms with van der Waals surface area (Å²) in [6.07, 6.45) is 0.506. The summed E-state index contributed by atoms with van der Waals surface area (Å²) in [5.74, 6) is -0.774. The van der Waals surface area contributed by atoms with Crippen LogP contribution in [0.3, 0.4) is 0 Å². The highest BCUT2D eigenvalue weighted by atomic mass is 35.5. The maximum atomic E-state index is 11.2. The molecule has 4 heteroatoms. The first kappa shape index (κ1) is 14.4. The highest BCUT2D eigenvalue weighted by molar-refractivity contribution is 6.23. The fraction of sp³-hybridized carbons (Fsp3) is 0.188. The largest absolute Gasteiger partial charge is 0.478 e. The number of ether oxygens (including phenoxy) is 1. The Hall–Kier alpha value is -2.00. The van der Waals surface area contributed by atoms with Gasteiger partial charge in [-0.3, -0.25) is 0 Å². The summed E-state index contributed by atoms with van der Waals surface area (Å²) in [6, 6.07) is 15.8. The number of carboxylic acids is 1. The molecule has 0 aliphatic heterocycles. The molecule has 0 heterocycles. The molecule has 1 unspecified atom stereocenters. The molecule has 20 heavy (non-hydrogen) atoms. The Bertz CT molecular complexity index is 598. The Labute approximate surface area is 122 Å². The zero-order chi connectivity index (χ0) is 14.6. The molecule has 0 amide bonds. The minimum absolute atomic E-state index is 0.0990. The first-order valence-electron chi connectivity index (χ1n) is 6.32. The standard InChI is InChI=1S/C16H15ClO3/c1-2-16(17,12-8-4-3-5-9-12)20-14-11-7-6-10-13(14)15(18)19/h3-11H,2H2,1H3,(H,18,19). The Morgan fingerprint density at radius 2 is 1.75 bits per heavy atom. The average molecular weight is 291 g/mol. The minimum Gasteiger partial charge on any atom is -0.478 e. The number of aromatic carboxylic acids is 1. The predicted molar refractivity (Wildman–Crippen MR) is 78.3 cm³/mol. The molecule has 0 saturated carbocycles. The summed E-state index contributed by atoms with van der Waals surface area (Å²) in [7, 11) is 0. The topological polar surface area (TPSA) is 46.5 Å². The van der Waals surface area contributed by atoms with Crippen LogP contribution in [0.25, 0.3) is 0 Å². The molecule has 0 aliphatic rings. The number of carboxylic acid groups (broad SMARTS) is 1. The Balaban J connectivity index is 2.39. The highest BCUT2D eigenvalue weighted by Gasteiger charge is 2.31. The molecule has 0 bridgehead atoms. The van der Waals surface area contributed by atoms with Crippen LogP contribution in [0, 0.1) is 0 Å². The number of para-hydroxylation sites is 1. The lowest BCUT2D eigenvalue weighted by Crippen LogP contribution is -2.26. The van der Waals surface area contributed by atoms with Crippen LogP contribution in [0.4, 0.5) is 0 Å². The minimum atomic E-state index is -1.08. The van der Waals surface area contributed by atoms with Crippen molar-refractivity contribution in [3.63, 3.8) is 0 Å². The van der Waals surface area contributed by atoms with E-state index >= 15 is 0 Å². The van der Waals surface area contributed by atoms with Gasteiger partial charge < -0.3 is 9.84 Å². The fourth-order valence-corrected chi connectivity index (χ4v) is 2.14. The molecule has 0 radical (unpaired) electrons. The van der Waals surface area contributed by atoms with Gasteiger partial charge in [-0.05, 0) is 12.1 Å². The van der Waals surface area contributed by atoms with Gasteiger partial charge >= 0.3 is 5.97 Å². The second-order valence-corrected chi connectivity index (χ2v) is 4.96. The number of carbonyl (C=O) groups is 1. The van der Waals surface area contributed by atoms with Crippen LogP contribution in [0.15, 0.2) is 54.6 Å². The zero-order valence-electron chi connectivity index (χ0n) is 11.0. The first-order chi connectivity index (χ1) is 9.57. The van der Waals surface area contributed by atoms with Gasteiger partial charge in [0.05, 0.1) is 0 Å². The number of benzene rings is 2. The molecule has 0 aliphatic carbocycles. The van der Waals surface area contributed by atoms with Gasteiger partial charge in [-0.2, -0.15) is 0 Å². The Morgan fingerprint density at radius 1 is 1.15 bits per heavy atom. The van der Waals surface area contributed by atoms with Crippen LogP contribution in [-0.4, -0.2) is 11.1 Å². The number of alkyl halides is 1. The van der Waals surface area contributed by atoms with E-state index in [1.807, 2.05) is 37.3 Å². The third-order valence-corrected chi connectivity index (χ3v) is 3.61. The summed E-state index contributed by atoms with van der Waals surface area (Å²) in [6.45, 7) is 1.89. The van der Waals surface area contributed by atoms with E-state index in [0.29, 0.717) is 6.42 Å². The zero-order valence-corrected chi connectivity index (χ0v) is 11.8. The van der Waals surface area contributed by atoms with E-state index in [-0.39, 0.29) is 11.3 Å². The van der Waals surface area contributed by atoms with Gasteiger partial charge in [0.25, 0.3) is 0 Å². The average Bonchev–Trinajstić information content (AvgIpc) is 2.48. The number of rotatable bonds is 5. The summed E-state index contributed by atoms with van der Waals surface area (Å²) in [5, 5.41) is 8.11. The van der Waals surface area contributed by atoms with Crippen molar-refractivity contribution < 1.29 is 14.6 Å². The molecule has 0 aromatic heterocycles. The van der Waals surface area contributed by atoms with Crippen LogP contribution >= 0.6 is 11.6 Å². The van der Waals surface area contributed by atoms with Crippen molar-refractivity contribution in [3.05, 3.63) is 65.7 Å². The third-order valence-electron chi connectivity index (χ3n) is 3.05. The van der Waals surface area contributed by atoms with E-state index in [0.717, 1.165) is 5.56 Å². The van der Waals surface area contributed by atoms with Crippen LogP contribution < -0.4 is 4.74 Å². The van der Waals surface area contributed by atoms with Gasteiger partial charge in [-0.15, -0.1) is 0 Å². The fourth-order valence-electron chi connectivity index (χ4n) is 1.93. The summed E-state index contributed by atoms with van der Waals surface area (Å²) in [5.41, 5.74) is 0.895. The van der Waals surface area contributed by atoms with Crippen molar-refractivity contribution >= 4 is 17.6 Å². The maximum absolute atomic E-state index is 11.2. The monoisotopic (exact) mass is 290 g/mol. The second kappa shape index (κ2) is 5.97. The van der Waals surface area contributed by atoms with Crippen LogP contribution in [0.1, 0.15) is 29.3 Å². The molecule has 104 valence electrons. The SMILES string of the molecule is CCC(Cl)(Oc1ccccc1C(=O)O)c1ccccc1. The lowest BCUT2D eigenvalue weighted by molar-refractivity contribution is 0.0684. The highest BCUT2D eigenvalue weighted by Crippen LogP contribution is 2.36. The summed E-state index contributed by atoms with van der Waals surface area (Å²) in [4.78, 5) is 11.2. The first-order valence-corrected chi connectivity index (χ1v) is 6.70. The van der Waals surface area contributed by atoms with E-state index in [9.17, 15) is 9.90 Å². The number of hydrogen-bond donors (Lipinski definition) is 1. The second-order valence-electron chi connectivity index (χ2n) is 4.35. The molecule has 2 aromatic carbocycles. The maximum Gasteiger partial charge on any atom is 0.339 e. The Kier molecular flexibility index (Phi) is 4.30. The lowest BCUT2D eigenvalue weighted by Gasteiger charge is -2.28. The van der Waals surface area contributed by atoms with E-state index in [1.165, 1.54) is 6.07 Å². The van der Waals surface area contributed by atoms with Crippen LogP contribution in [0.2, 0.25) is 0 Å². The summed E-state index contributed by atoms with van der Waals surface area (Å²) < 4.78 is 5.81.